The first-order valence-corrected chi connectivity index (χ1v) is 11.3. The smallest absolute Gasteiger partial charge is 0.119 e. The van der Waals surface area contributed by atoms with Gasteiger partial charge in [0, 0.05) is 0 Å². The highest BCUT2D eigenvalue weighted by Gasteiger charge is 2.03. The van der Waals surface area contributed by atoms with E-state index in [-0.39, 0.29) is 0 Å². The predicted octanol–water partition coefficient (Wildman–Crippen LogP) is 7.67. The van der Waals surface area contributed by atoms with Crippen molar-refractivity contribution >= 4 is 11.6 Å². The molecular formula is C27H35NO2. The van der Waals surface area contributed by atoms with E-state index in [2.05, 4.69) is 19.9 Å². The molecule has 3 heteroatoms. The van der Waals surface area contributed by atoms with Crippen molar-refractivity contribution in [3.8, 4) is 17.6 Å². The molecule has 2 aromatic carbocycles. The van der Waals surface area contributed by atoms with E-state index in [0.717, 1.165) is 55.1 Å². The van der Waals surface area contributed by atoms with Gasteiger partial charge in [-0.3, -0.25) is 0 Å². The van der Waals surface area contributed by atoms with Crippen molar-refractivity contribution in [2.24, 2.45) is 0 Å². The molecule has 0 aliphatic rings. The highest BCUT2D eigenvalue weighted by atomic mass is 16.5. The number of hydrogen-bond donors (Lipinski definition) is 0. The summed E-state index contributed by atoms with van der Waals surface area (Å²) in [5.41, 5.74) is 2.52. The Labute approximate surface area is 182 Å². The number of nitrogens with zero attached hydrogens (tertiary/aromatic N) is 1. The standard InChI is InChI=1S/C27H35NO2/c1-3-5-7-8-9-10-20-30-26-15-11-23(12-16-26)21-25(22-28)24-13-17-27(18-14-24)29-19-6-4-2/h11-18,21H,3-10,19-20H2,1-2H3. The van der Waals surface area contributed by atoms with E-state index >= 15 is 0 Å². The van der Waals surface area contributed by atoms with Gasteiger partial charge in [0.1, 0.15) is 11.5 Å². The molecule has 2 rings (SSSR count). The largest absolute Gasteiger partial charge is 0.494 e. The first-order chi connectivity index (χ1) is 14.8. The Morgan fingerprint density at radius 1 is 0.733 bits per heavy atom. The second kappa shape index (κ2) is 14.3. The normalized spacial score (nSPS) is 11.2. The van der Waals surface area contributed by atoms with Gasteiger partial charge in [0.05, 0.1) is 24.9 Å². The Morgan fingerprint density at radius 2 is 1.27 bits per heavy atom. The summed E-state index contributed by atoms with van der Waals surface area (Å²) < 4.78 is 11.5. The van der Waals surface area contributed by atoms with E-state index in [1.54, 1.807) is 0 Å². The summed E-state index contributed by atoms with van der Waals surface area (Å²) in [6, 6.07) is 18.0. The third-order valence-corrected chi connectivity index (χ3v) is 5.01. The summed E-state index contributed by atoms with van der Waals surface area (Å²) in [6.45, 7) is 5.87. The van der Waals surface area contributed by atoms with Crippen molar-refractivity contribution in [2.45, 2.75) is 65.2 Å². The van der Waals surface area contributed by atoms with Crippen molar-refractivity contribution in [3.05, 3.63) is 59.7 Å². The Bertz CT molecular complexity index is 785. The van der Waals surface area contributed by atoms with Gasteiger partial charge in [-0.25, -0.2) is 0 Å². The van der Waals surface area contributed by atoms with Crippen LogP contribution in [0.25, 0.3) is 11.6 Å². The summed E-state index contributed by atoms with van der Waals surface area (Å²) >= 11 is 0. The van der Waals surface area contributed by atoms with Crippen LogP contribution < -0.4 is 9.47 Å². The van der Waals surface area contributed by atoms with Crippen molar-refractivity contribution < 1.29 is 9.47 Å². The zero-order valence-corrected chi connectivity index (χ0v) is 18.5. The van der Waals surface area contributed by atoms with Crippen molar-refractivity contribution in [1.29, 1.82) is 5.26 Å². The predicted molar refractivity (Wildman–Crippen MR) is 126 cm³/mol. The van der Waals surface area contributed by atoms with Crippen molar-refractivity contribution in [3.63, 3.8) is 0 Å². The molecule has 0 bridgehead atoms. The second-order valence-corrected chi connectivity index (χ2v) is 7.58. The average Bonchev–Trinajstić information content (AvgIpc) is 2.78. The van der Waals surface area contributed by atoms with Gasteiger partial charge in [0.25, 0.3) is 0 Å². The van der Waals surface area contributed by atoms with E-state index in [4.69, 9.17) is 9.47 Å². The summed E-state index contributed by atoms with van der Waals surface area (Å²) in [6.07, 6.45) is 11.6. The van der Waals surface area contributed by atoms with Gasteiger partial charge in [0.2, 0.25) is 0 Å². The van der Waals surface area contributed by atoms with Crippen LogP contribution >= 0.6 is 0 Å². The van der Waals surface area contributed by atoms with Gasteiger partial charge in [0.15, 0.2) is 0 Å². The maximum absolute atomic E-state index is 9.58. The quantitative estimate of drug-likeness (QED) is 0.184. The molecule has 0 N–H and O–H groups in total. The van der Waals surface area contributed by atoms with Crippen LogP contribution in [0.4, 0.5) is 0 Å². The van der Waals surface area contributed by atoms with Crippen LogP contribution in [-0.4, -0.2) is 13.2 Å². The van der Waals surface area contributed by atoms with Crippen LogP contribution in [0, 0.1) is 11.3 Å². The van der Waals surface area contributed by atoms with E-state index in [9.17, 15) is 5.26 Å². The fourth-order valence-electron chi connectivity index (χ4n) is 3.14. The van der Waals surface area contributed by atoms with Crippen molar-refractivity contribution in [2.75, 3.05) is 13.2 Å². The monoisotopic (exact) mass is 405 g/mol. The molecule has 0 heterocycles. The van der Waals surface area contributed by atoms with Crippen LogP contribution in [0.1, 0.15) is 76.3 Å². The molecule has 30 heavy (non-hydrogen) atoms. The Balaban J connectivity index is 1.86. The fourth-order valence-corrected chi connectivity index (χ4v) is 3.14. The fraction of sp³-hybridized carbons (Fsp3) is 0.444. The molecule has 0 saturated carbocycles. The van der Waals surface area contributed by atoms with Gasteiger partial charge in [-0.15, -0.1) is 0 Å². The average molecular weight is 406 g/mol. The molecule has 2 aromatic rings. The van der Waals surface area contributed by atoms with Crippen LogP contribution in [0.3, 0.4) is 0 Å². The van der Waals surface area contributed by atoms with Gasteiger partial charge in [-0.05, 0) is 66.4 Å². The number of allylic oxidation sites excluding steroid dienone is 1. The van der Waals surface area contributed by atoms with Gasteiger partial charge >= 0.3 is 0 Å². The van der Waals surface area contributed by atoms with E-state index < -0.39 is 0 Å². The Kier molecular flexibility index (Phi) is 11.2. The molecule has 0 aliphatic heterocycles. The summed E-state index contributed by atoms with van der Waals surface area (Å²) in [4.78, 5) is 0. The number of benzene rings is 2. The molecule has 0 unspecified atom stereocenters. The number of ether oxygens (including phenoxy) is 2. The molecular weight excluding hydrogens is 370 g/mol. The highest BCUT2D eigenvalue weighted by Crippen LogP contribution is 2.22. The lowest BCUT2D eigenvalue weighted by Crippen LogP contribution is -1.97. The highest BCUT2D eigenvalue weighted by molar-refractivity contribution is 5.89. The first kappa shape index (κ1) is 23.5. The topological polar surface area (TPSA) is 42.2 Å². The minimum absolute atomic E-state index is 0.635. The zero-order chi connectivity index (χ0) is 21.4. The van der Waals surface area contributed by atoms with Crippen LogP contribution in [-0.2, 0) is 0 Å². The minimum Gasteiger partial charge on any atom is -0.494 e. The first-order valence-electron chi connectivity index (χ1n) is 11.3. The molecule has 0 spiro atoms. The molecule has 0 aromatic heterocycles. The van der Waals surface area contributed by atoms with Gasteiger partial charge in [-0.1, -0.05) is 64.5 Å². The molecule has 0 amide bonds. The maximum atomic E-state index is 9.58. The number of hydrogen-bond acceptors (Lipinski definition) is 3. The lowest BCUT2D eigenvalue weighted by molar-refractivity contribution is 0.304. The molecule has 0 saturated heterocycles. The molecule has 0 radical (unpaired) electrons. The van der Waals surface area contributed by atoms with Crippen molar-refractivity contribution in [1.82, 2.24) is 0 Å². The number of nitriles is 1. The Morgan fingerprint density at radius 3 is 1.87 bits per heavy atom. The third kappa shape index (κ3) is 8.74. The van der Waals surface area contributed by atoms with E-state index in [1.807, 2.05) is 54.6 Å². The van der Waals surface area contributed by atoms with Gasteiger partial charge in [-0.2, -0.15) is 5.26 Å². The SMILES string of the molecule is CCCCCCCCOc1ccc(C=C(C#N)c2ccc(OCCCC)cc2)cc1. The lowest BCUT2D eigenvalue weighted by Gasteiger charge is -2.07. The summed E-state index contributed by atoms with van der Waals surface area (Å²) in [7, 11) is 0. The maximum Gasteiger partial charge on any atom is 0.119 e. The summed E-state index contributed by atoms with van der Waals surface area (Å²) in [5, 5.41) is 9.58. The number of unbranched alkanes of at least 4 members (excludes halogenated alkanes) is 6. The van der Waals surface area contributed by atoms with Crippen LogP contribution in [0.15, 0.2) is 48.5 Å². The molecule has 0 aliphatic carbocycles. The second-order valence-electron chi connectivity index (χ2n) is 7.58. The Hall–Kier alpha value is -2.73. The van der Waals surface area contributed by atoms with Crippen LogP contribution in [0.5, 0.6) is 11.5 Å². The molecule has 0 atom stereocenters. The molecule has 3 nitrogen and oxygen atoms in total. The molecule has 0 fully saturated rings. The van der Waals surface area contributed by atoms with E-state index in [1.165, 1.54) is 32.1 Å². The third-order valence-electron chi connectivity index (χ3n) is 5.01. The number of rotatable bonds is 14. The van der Waals surface area contributed by atoms with Crippen LogP contribution in [0.2, 0.25) is 0 Å². The summed E-state index contributed by atoms with van der Waals surface area (Å²) in [5.74, 6) is 1.73. The minimum atomic E-state index is 0.635. The zero-order valence-electron chi connectivity index (χ0n) is 18.5. The lowest BCUT2D eigenvalue weighted by atomic mass is 10.0. The van der Waals surface area contributed by atoms with Gasteiger partial charge < -0.3 is 9.47 Å². The molecule has 160 valence electrons. The van der Waals surface area contributed by atoms with E-state index in [0.29, 0.717) is 5.57 Å².